The Bertz CT molecular complexity index is 402. The summed E-state index contributed by atoms with van der Waals surface area (Å²) in [4.78, 5) is 13.8. The maximum atomic E-state index is 12.7. The molecular formula is C14H19FN2OS. The summed E-state index contributed by atoms with van der Waals surface area (Å²) in [6.45, 7) is 2.26. The van der Waals surface area contributed by atoms with Crippen molar-refractivity contribution in [2.45, 2.75) is 12.8 Å². The van der Waals surface area contributed by atoms with Crippen LogP contribution >= 0.6 is 11.8 Å². The lowest BCUT2D eigenvalue weighted by atomic mass is 10.1. The minimum absolute atomic E-state index is 0.0182. The van der Waals surface area contributed by atoms with E-state index in [9.17, 15) is 9.18 Å². The summed E-state index contributed by atoms with van der Waals surface area (Å²) in [5.41, 5.74) is 1.04. The topological polar surface area (TPSA) is 32.3 Å². The Morgan fingerprint density at radius 2 is 2.05 bits per heavy atom. The number of nitrogens with zero attached hydrogens (tertiary/aromatic N) is 1. The van der Waals surface area contributed by atoms with Crippen LogP contribution in [0.3, 0.4) is 0 Å². The Morgan fingerprint density at radius 3 is 2.84 bits per heavy atom. The summed E-state index contributed by atoms with van der Waals surface area (Å²) in [6, 6.07) is 6.42. The van der Waals surface area contributed by atoms with Crippen molar-refractivity contribution in [3.63, 3.8) is 0 Å². The van der Waals surface area contributed by atoms with E-state index >= 15 is 0 Å². The average Bonchev–Trinajstić information content (AvgIpc) is 2.70. The summed E-state index contributed by atoms with van der Waals surface area (Å²) >= 11 is 1.90. The van der Waals surface area contributed by atoms with Crippen molar-refractivity contribution in [1.29, 1.82) is 0 Å². The van der Waals surface area contributed by atoms with Gasteiger partial charge in [-0.3, -0.25) is 0 Å². The van der Waals surface area contributed by atoms with E-state index in [2.05, 4.69) is 5.32 Å². The molecule has 0 aliphatic carbocycles. The van der Waals surface area contributed by atoms with E-state index in [4.69, 9.17) is 0 Å². The molecule has 1 aromatic carbocycles. The van der Waals surface area contributed by atoms with Crippen LogP contribution in [0.2, 0.25) is 0 Å². The molecular weight excluding hydrogens is 263 g/mol. The van der Waals surface area contributed by atoms with Crippen molar-refractivity contribution in [2.24, 2.45) is 0 Å². The van der Waals surface area contributed by atoms with Gasteiger partial charge in [-0.2, -0.15) is 11.8 Å². The highest BCUT2D eigenvalue weighted by molar-refractivity contribution is 7.99. The zero-order chi connectivity index (χ0) is 13.5. The highest BCUT2D eigenvalue weighted by Crippen LogP contribution is 2.10. The summed E-state index contributed by atoms with van der Waals surface area (Å²) in [5, 5.41) is 2.93. The Balaban J connectivity index is 1.72. The van der Waals surface area contributed by atoms with Crippen molar-refractivity contribution in [3.8, 4) is 0 Å². The molecule has 1 heterocycles. The molecule has 19 heavy (non-hydrogen) atoms. The number of hydrogen-bond acceptors (Lipinski definition) is 2. The number of carbonyl (C=O) groups is 1. The third-order valence-corrected chi connectivity index (χ3v) is 4.16. The van der Waals surface area contributed by atoms with Crippen LogP contribution in [-0.2, 0) is 6.42 Å². The zero-order valence-electron chi connectivity index (χ0n) is 10.9. The van der Waals surface area contributed by atoms with E-state index < -0.39 is 0 Å². The van der Waals surface area contributed by atoms with Crippen LogP contribution < -0.4 is 5.32 Å². The van der Waals surface area contributed by atoms with Gasteiger partial charge in [0.1, 0.15) is 5.82 Å². The zero-order valence-corrected chi connectivity index (χ0v) is 11.7. The number of nitrogens with one attached hydrogen (secondary N) is 1. The highest BCUT2D eigenvalue weighted by atomic mass is 32.2. The first-order valence-electron chi connectivity index (χ1n) is 6.60. The second-order valence-electron chi connectivity index (χ2n) is 4.56. The van der Waals surface area contributed by atoms with Crippen LogP contribution in [0.15, 0.2) is 24.3 Å². The molecule has 0 radical (unpaired) electrons. The minimum Gasteiger partial charge on any atom is -0.338 e. The Hall–Kier alpha value is -1.23. The molecule has 1 aliphatic heterocycles. The van der Waals surface area contributed by atoms with Gasteiger partial charge in [-0.15, -0.1) is 0 Å². The molecule has 0 atom stereocenters. The Morgan fingerprint density at radius 1 is 1.26 bits per heavy atom. The van der Waals surface area contributed by atoms with Crippen LogP contribution in [0, 0.1) is 5.82 Å². The molecule has 1 N–H and O–H groups in total. The van der Waals surface area contributed by atoms with E-state index in [0.29, 0.717) is 6.54 Å². The molecule has 1 saturated heterocycles. The first-order chi connectivity index (χ1) is 9.25. The molecule has 0 unspecified atom stereocenters. The van der Waals surface area contributed by atoms with Crippen molar-refractivity contribution < 1.29 is 9.18 Å². The van der Waals surface area contributed by atoms with Crippen LogP contribution in [0.1, 0.15) is 12.0 Å². The molecule has 0 aromatic heterocycles. The van der Waals surface area contributed by atoms with Crippen molar-refractivity contribution in [3.05, 3.63) is 35.6 Å². The van der Waals surface area contributed by atoms with Crippen LogP contribution in [0.5, 0.6) is 0 Å². The van der Waals surface area contributed by atoms with Gasteiger partial charge in [0.15, 0.2) is 0 Å². The molecule has 1 aromatic rings. The number of benzene rings is 1. The van der Waals surface area contributed by atoms with E-state index in [-0.39, 0.29) is 11.8 Å². The SMILES string of the molecule is O=C(NCCc1ccc(F)cc1)N1CCCSCC1. The number of halogens is 1. The quantitative estimate of drug-likeness (QED) is 0.924. The third-order valence-electron chi connectivity index (χ3n) is 3.11. The number of thioether (sulfide) groups is 1. The maximum absolute atomic E-state index is 12.7. The average molecular weight is 282 g/mol. The number of carbonyl (C=O) groups excluding carboxylic acids is 1. The van der Waals surface area contributed by atoms with Gasteiger partial charge < -0.3 is 10.2 Å². The molecule has 3 nitrogen and oxygen atoms in total. The molecule has 5 heteroatoms. The van der Waals surface area contributed by atoms with Gasteiger partial charge in [0, 0.05) is 25.4 Å². The molecule has 1 aliphatic rings. The van der Waals surface area contributed by atoms with Gasteiger partial charge >= 0.3 is 6.03 Å². The third kappa shape index (κ3) is 4.74. The summed E-state index contributed by atoms with van der Waals surface area (Å²) in [6.07, 6.45) is 1.80. The number of amides is 2. The smallest absolute Gasteiger partial charge is 0.317 e. The Kier molecular flexibility index (Phi) is 5.51. The second-order valence-corrected chi connectivity index (χ2v) is 5.79. The van der Waals surface area contributed by atoms with Gasteiger partial charge in [-0.25, -0.2) is 9.18 Å². The number of urea groups is 1. The fourth-order valence-corrected chi connectivity index (χ4v) is 2.91. The summed E-state index contributed by atoms with van der Waals surface area (Å²) in [7, 11) is 0. The molecule has 104 valence electrons. The van der Waals surface area contributed by atoms with E-state index in [1.807, 2.05) is 16.7 Å². The second kappa shape index (κ2) is 7.38. The molecule has 0 saturated carbocycles. The lowest BCUT2D eigenvalue weighted by Crippen LogP contribution is -2.41. The van der Waals surface area contributed by atoms with Gasteiger partial charge in [-0.1, -0.05) is 12.1 Å². The number of hydrogen-bond donors (Lipinski definition) is 1. The van der Waals surface area contributed by atoms with Crippen LogP contribution in [-0.4, -0.2) is 42.1 Å². The van der Waals surface area contributed by atoms with Crippen molar-refractivity contribution >= 4 is 17.8 Å². The van der Waals surface area contributed by atoms with Gasteiger partial charge in [0.2, 0.25) is 0 Å². The lowest BCUT2D eigenvalue weighted by molar-refractivity contribution is 0.202. The molecule has 2 amide bonds. The van der Waals surface area contributed by atoms with E-state index in [1.165, 1.54) is 12.1 Å². The van der Waals surface area contributed by atoms with Crippen LogP contribution in [0.4, 0.5) is 9.18 Å². The summed E-state index contributed by atoms with van der Waals surface area (Å²) < 4.78 is 12.7. The van der Waals surface area contributed by atoms with E-state index in [1.54, 1.807) is 12.1 Å². The molecule has 2 rings (SSSR count). The van der Waals surface area contributed by atoms with Gasteiger partial charge in [0.05, 0.1) is 0 Å². The standard InChI is InChI=1S/C14H19FN2OS/c15-13-4-2-12(3-5-13)6-7-16-14(18)17-8-1-10-19-11-9-17/h2-5H,1,6-11H2,(H,16,18). The predicted molar refractivity (Wildman–Crippen MR) is 77.0 cm³/mol. The van der Waals surface area contributed by atoms with Crippen LogP contribution in [0.25, 0.3) is 0 Å². The maximum Gasteiger partial charge on any atom is 0.317 e. The molecule has 1 fully saturated rings. The van der Waals surface area contributed by atoms with Crippen molar-refractivity contribution in [2.75, 3.05) is 31.1 Å². The number of rotatable bonds is 3. The normalized spacial score (nSPS) is 15.9. The van der Waals surface area contributed by atoms with Crippen molar-refractivity contribution in [1.82, 2.24) is 10.2 Å². The molecule has 0 spiro atoms. The fourth-order valence-electron chi connectivity index (χ4n) is 2.03. The highest BCUT2D eigenvalue weighted by Gasteiger charge is 2.14. The van der Waals surface area contributed by atoms with Gasteiger partial charge in [0.25, 0.3) is 0 Å². The first kappa shape index (κ1) is 14.2. The minimum atomic E-state index is -0.227. The van der Waals surface area contributed by atoms with E-state index in [0.717, 1.165) is 43.0 Å². The molecule has 0 bridgehead atoms. The monoisotopic (exact) mass is 282 g/mol. The largest absolute Gasteiger partial charge is 0.338 e. The lowest BCUT2D eigenvalue weighted by Gasteiger charge is -2.20. The first-order valence-corrected chi connectivity index (χ1v) is 7.76. The Labute approximate surface area is 117 Å². The fraction of sp³-hybridized carbons (Fsp3) is 0.500. The predicted octanol–water partition coefficient (Wildman–Crippen LogP) is 2.52. The van der Waals surface area contributed by atoms with Gasteiger partial charge in [-0.05, 0) is 36.3 Å². The summed E-state index contributed by atoms with van der Waals surface area (Å²) in [5.74, 6) is 1.93.